The number of alkyl halides is 4. The van der Waals surface area contributed by atoms with Gasteiger partial charge in [-0.25, -0.2) is 4.39 Å². The molecule has 2 N–H and O–H groups in total. The third kappa shape index (κ3) is 6.35. The molecule has 1 aliphatic heterocycles. The van der Waals surface area contributed by atoms with Crippen LogP contribution >= 0.6 is 0 Å². The first-order valence-electron chi connectivity index (χ1n) is 12.6. The zero-order chi connectivity index (χ0) is 27.7. The van der Waals surface area contributed by atoms with Gasteiger partial charge in [-0.05, 0) is 48.9 Å². The van der Waals surface area contributed by atoms with Crippen molar-refractivity contribution in [3.63, 3.8) is 0 Å². The highest BCUT2D eigenvalue weighted by molar-refractivity contribution is 5.91. The number of hydrogen-bond acceptors (Lipinski definition) is 4. The van der Waals surface area contributed by atoms with E-state index < -0.39 is 41.7 Å². The van der Waals surface area contributed by atoms with Crippen LogP contribution < -0.4 is 5.32 Å². The third-order valence-corrected chi connectivity index (χ3v) is 7.16. The fourth-order valence-electron chi connectivity index (χ4n) is 4.95. The van der Waals surface area contributed by atoms with Gasteiger partial charge in [0.1, 0.15) is 17.8 Å². The van der Waals surface area contributed by atoms with E-state index in [1.54, 1.807) is 0 Å². The molecule has 1 unspecified atom stereocenters. The summed E-state index contributed by atoms with van der Waals surface area (Å²) >= 11 is 0. The maximum Gasteiger partial charge on any atom is 0.407 e. The van der Waals surface area contributed by atoms with E-state index in [2.05, 4.69) is 5.32 Å². The molecule has 1 saturated carbocycles. The molecule has 0 aromatic heterocycles. The average molecular weight is 537 g/mol. The van der Waals surface area contributed by atoms with Crippen LogP contribution in [0.1, 0.15) is 50.3 Å². The number of aliphatic carboxylic acids is 1. The fraction of sp³-hybridized carbons (Fsp3) is 0.500. The molecule has 6 nitrogen and oxygen atoms in total. The Kier molecular flexibility index (Phi) is 7.86. The van der Waals surface area contributed by atoms with Gasteiger partial charge in [0.15, 0.2) is 0 Å². The molecular weight excluding hydrogens is 504 g/mol. The Morgan fingerprint density at radius 1 is 0.974 bits per heavy atom. The Balaban J connectivity index is 1.50. The summed E-state index contributed by atoms with van der Waals surface area (Å²) < 4.78 is 60.9. The van der Waals surface area contributed by atoms with Crippen LogP contribution in [-0.2, 0) is 19.7 Å². The monoisotopic (exact) mass is 536 g/mol. The van der Waals surface area contributed by atoms with Gasteiger partial charge < -0.3 is 14.7 Å². The van der Waals surface area contributed by atoms with E-state index in [1.165, 1.54) is 24.3 Å². The Labute approximate surface area is 219 Å². The number of nitrogens with one attached hydrogen (secondary N) is 1. The van der Waals surface area contributed by atoms with Gasteiger partial charge in [0, 0.05) is 19.5 Å². The van der Waals surface area contributed by atoms with Crippen LogP contribution in [0, 0.1) is 0 Å². The second kappa shape index (κ2) is 10.6. The highest BCUT2D eigenvalue weighted by atomic mass is 19.4. The Morgan fingerprint density at radius 2 is 1.50 bits per heavy atom. The third-order valence-electron chi connectivity index (χ3n) is 7.16. The van der Waals surface area contributed by atoms with Crippen molar-refractivity contribution in [2.45, 2.75) is 62.5 Å². The van der Waals surface area contributed by atoms with Crippen LogP contribution in [0.5, 0.6) is 0 Å². The molecule has 206 valence electrons. The Morgan fingerprint density at radius 3 is 1.95 bits per heavy atom. The van der Waals surface area contributed by atoms with Crippen LogP contribution in [0.3, 0.4) is 0 Å². The van der Waals surface area contributed by atoms with Crippen LogP contribution in [0.15, 0.2) is 48.5 Å². The lowest BCUT2D eigenvalue weighted by molar-refractivity contribution is -0.164. The van der Waals surface area contributed by atoms with E-state index in [4.69, 9.17) is 4.74 Å². The first kappa shape index (κ1) is 28.0. The van der Waals surface area contributed by atoms with Crippen molar-refractivity contribution >= 4 is 11.9 Å². The predicted octanol–water partition coefficient (Wildman–Crippen LogP) is 5.03. The average Bonchev–Trinajstić information content (AvgIpc) is 3.67. The van der Waals surface area contributed by atoms with Crippen LogP contribution in [0.25, 0.3) is 11.1 Å². The van der Waals surface area contributed by atoms with Crippen molar-refractivity contribution in [3.05, 3.63) is 59.7 Å². The molecule has 38 heavy (non-hydrogen) atoms. The van der Waals surface area contributed by atoms with Gasteiger partial charge in [-0.2, -0.15) is 13.2 Å². The van der Waals surface area contributed by atoms with Crippen LogP contribution in [-0.4, -0.2) is 66.1 Å². The summed E-state index contributed by atoms with van der Waals surface area (Å²) in [4.78, 5) is 26.5. The van der Waals surface area contributed by atoms with E-state index in [0.29, 0.717) is 31.9 Å². The number of hydrogen-bond donors (Lipinski definition) is 2. The van der Waals surface area contributed by atoms with Gasteiger partial charge >= 0.3 is 12.1 Å². The number of amides is 1. The van der Waals surface area contributed by atoms with Crippen molar-refractivity contribution in [2.75, 3.05) is 26.3 Å². The lowest BCUT2D eigenvalue weighted by Gasteiger charge is -2.30. The molecule has 2 aromatic carbocycles. The van der Waals surface area contributed by atoms with E-state index in [1.807, 2.05) is 29.2 Å². The molecule has 2 aromatic rings. The fourth-order valence-corrected chi connectivity index (χ4v) is 4.95. The standard InChI is InChI=1S/C28H32F4N2O4/c1-26(2,29)17-22(24(35)36)33-23(28(30,31)32)20-5-3-18(4-6-20)19-7-9-21(10-8-19)27(11-12-27)25(37)34-13-15-38-16-14-34/h3-10,22-23,33H,11-17H2,1-2H3,(H,35,36)/t22?,23-/m0/s1. The molecule has 10 heteroatoms. The van der Waals surface area contributed by atoms with E-state index in [-0.39, 0.29) is 11.5 Å². The molecule has 1 aliphatic carbocycles. The normalized spacial score (nSPS) is 19.1. The SMILES string of the molecule is CC(C)(F)CC(N[C@@H](c1ccc(-c2ccc(C3(C(=O)N4CCOCC4)CC3)cc2)cc1)C(F)(F)F)C(=O)O. The number of rotatable bonds is 9. The van der Waals surface area contributed by atoms with E-state index in [0.717, 1.165) is 37.8 Å². The van der Waals surface area contributed by atoms with Crippen molar-refractivity contribution < 1.29 is 37.0 Å². The van der Waals surface area contributed by atoms with Gasteiger partial charge in [0.25, 0.3) is 0 Å². The maximum absolute atomic E-state index is 14.0. The number of carbonyl (C=O) groups is 2. The molecule has 2 fully saturated rings. The number of carboxylic acid groups (broad SMARTS) is 1. The first-order valence-corrected chi connectivity index (χ1v) is 12.6. The molecule has 0 spiro atoms. The minimum absolute atomic E-state index is 0.111. The number of halogens is 4. The molecule has 2 atom stereocenters. The van der Waals surface area contributed by atoms with Crippen molar-refractivity contribution in [1.29, 1.82) is 0 Å². The van der Waals surface area contributed by atoms with Crippen molar-refractivity contribution in [2.24, 2.45) is 0 Å². The summed E-state index contributed by atoms with van der Waals surface area (Å²) in [7, 11) is 0. The number of morpholine rings is 1. The van der Waals surface area contributed by atoms with Gasteiger partial charge in [0.05, 0.1) is 18.6 Å². The largest absolute Gasteiger partial charge is 0.480 e. The topological polar surface area (TPSA) is 78.9 Å². The zero-order valence-corrected chi connectivity index (χ0v) is 21.4. The summed E-state index contributed by atoms with van der Waals surface area (Å²) in [6.45, 7) is 4.47. The number of nitrogens with zero attached hydrogens (tertiary/aromatic N) is 1. The van der Waals surface area contributed by atoms with Crippen LogP contribution in [0.2, 0.25) is 0 Å². The van der Waals surface area contributed by atoms with Gasteiger partial charge in [-0.15, -0.1) is 0 Å². The minimum Gasteiger partial charge on any atom is -0.480 e. The van der Waals surface area contributed by atoms with Gasteiger partial charge in [0.2, 0.25) is 5.91 Å². The van der Waals surface area contributed by atoms with Gasteiger partial charge in [-0.1, -0.05) is 48.5 Å². The number of carbonyl (C=O) groups excluding carboxylic acids is 1. The molecule has 4 rings (SSSR count). The number of carboxylic acids is 1. The Hall–Kier alpha value is -2.98. The molecule has 1 saturated heterocycles. The summed E-state index contributed by atoms with van der Waals surface area (Å²) in [5.74, 6) is -1.44. The maximum atomic E-state index is 14.0. The second-order valence-electron chi connectivity index (χ2n) is 10.6. The molecule has 1 amide bonds. The summed E-state index contributed by atoms with van der Waals surface area (Å²) in [6.07, 6.45) is -3.85. The second-order valence-corrected chi connectivity index (χ2v) is 10.6. The first-order chi connectivity index (χ1) is 17.8. The molecule has 0 radical (unpaired) electrons. The summed E-state index contributed by atoms with van der Waals surface area (Å²) in [6, 6.07) is 9.14. The molecular formula is C28H32F4N2O4. The summed E-state index contributed by atoms with van der Waals surface area (Å²) in [5.41, 5.74) is -0.284. The highest BCUT2D eigenvalue weighted by Crippen LogP contribution is 2.50. The van der Waals surface area contributed by atoms with E-state index >= 15 is 0 Å². The molecule has 1 heterocycles. The quantitative estimate of drug-likeness (QED) is 0.440. The highest BCUT2D eigenvalue weighted by Gasteiger charge is 2.53. The zero-order valence-electron chi connectivity index (χ0n) is 21.4. The lowest BCUT2D eigenvalue weighted by Crippen LogP contribution is -2.47. The lowest BCUT2D eigenvalue weighted by atomic mass is 9.91. The predicted molar refractivity (Wildman–Crippen MR) is 133 cm³/mol. The van der Waals surface area contributed by atoms with Gasteiger partial charge in [-0.3, -0.25) is 14.9 Å². The van der Waals surface area contributed by atoms with Crippen molar-refractivity contribution in [3.8, 4) is 11.1 Å². The molecule has 2 aliphatic rings. The Bertz CT molecular complexity index is 1130. The summed E-state index contributed by atoms with van der Waals surface area (Å²) in [5, 5.41) is 11.4. The van der Waals surface area contributed by atoms with E-state index in [9.17, 15) is 32.3 Å². The minimum atomic E-state index is -4.79. The number of ether oxygens (including phenoxy) is 1. The van der Waals surface area contributed by atoms with Crippen LogP contribution in [0.4, 0.5) is 17.6 Å². The smallest absolute Gasteiger partial charge is 0.407 e. The molecule has 0 bridgehead atoms. The number of benzene rings is 2. The van der Waals surface area contributed by atoms with Crippen molar-refractivity contribution in [1.82, 2.24) is 10.2 Å².